The summed E-state index contributed by atoms with van der Waals surface area (Å²) >= 11 is 2.05. The van der Waals surface area contributed by atoms with Crippen molar-refractivity contribution in [2.24, 2.45) is 0 Å². The number of halogens is 2. The molecule has 0 atom stereocenters. The molecule has 0 radical (unpaired) electrons. The number of hydrogen-bond donors (Lipinski definition) is 0. The highest BCUT2D eigenvalue weighted by Crippen LogP contribution is 2.16. The molecule has 0 aliphatic carbocycles. The van der Waals surface area contributed by atoms with Gasteiger partial charge in [0.2, 0.25) is 0 Å². The summed E-state index contributed by atoms with van der Waals surface area (Å²) in [5, 5.41) is 4.07. The van der Waals surface area contributed by atoms with Gasteiger partial charge >= 0.3 is 0 Å². The fourth-order valence-corrected chi connectivity index (χ4v) is 2.05. The van der Waals surface area contributed by atoms with Crippen LogP contribution < -0.4 is 0 Å². The van der Waals surface area contributed by atoms with Crippen molar-refractivity contribution < 1.29 is 4.39 Å². The molecule has 17 heavy (non-hydrogen) atoms. The Hall–Kier alpha value is -1.64. The number of hydrogen-bond acceptors (Lipinski definition) is 4. The van der Waals surface area contributed by atoms with Gasteiger partial charge in [-0.15, -0.1) is 0 Å². The van der Waals surface area contributed by atoms with Crippen LogP contribution in [0.3, 0.4) is 0 Å². The maximum atomic E-state index is 13.1. The van der Waals surface area contributed by atoms with Crippen LogP contribution in [0.5, 0.6) is 0 Å². The molecule has 3 aromatic rings. The van der Waals surface area contributed by atoms with Gasteiger partial charge in [-0.1, -0.05) is 0 Å². The maximum Gasteiger partial charge on any atom is 0.196 e. The van der Waals surface area contributed by atoms with E-state index in [-0.39, 0.29) is 0 Å². The van der Waals surface area contributed by atoms with Crippen molar-refractivity contribution in [3.8, 4) is 11.4 Å². The third-order valence-electron chi connectivity index (χ3n) is 2.18. The number of aromatic nitrogens is 5. The Morgan fingerprint density at radius 2 is 2.12 bits per heavy atom. The van der Waals surface area contributed by atoms with E-state index in [0.717, 1.165) is 6.20 Å². The molecule has 3 aromatic heterocycles. The topological polar surface area (TPSA) is 56.0 Å². The SMILES string of the molecule is Fc1cncc(-c2nc(I)n3nccc3n2)c1. The van der Waals surface area contributed by atoms with E-state index in [2.05, 4.69) is 42.6 Å². The van der Waals surface area contributed by atoms with E-state index >= 15 is 0 Å². The minimum atomic E-state index is -0.408. The predicted octanol–water partition coefficient (Wildman–Crippen LogP) is 1.93. The van der Waals surface area contributed by atoms with E-state index in [1.54, 1.807) is 16.8 Å². The molecule has 0 fully saturated rings. The van der Waals surface area contributed by atoms with Gasteiger partial charge < -0.3 is 0 Å². The Morgan fingerprint density at radius 3 is 2.94 bits per heavy atom. The number of pyridine rings is 1. The lowest BCUT2D eigenvalue weighted by molar-refractivity contribution is 0.621. The van der Waals surface area contributed by atoms with E-state index in [1.807, 2.05) is 0 Å². The average molecular weight is 341 g/mol. The number of nitrogens with zero attached hydrogens (tertiary/aromatic N) is 5. The minimum absolute atomic E-state index is 0.408. The van der Waals surface area contributed by atoms with Gasteiger partial charge in [0.15, 0.2) is 15.3 Å². The first kappa shape index (κ1) is 10.5. The molecule has 0 saturated heterocycles. The van der Waals surface area contributed by atoms with Crippen molar-refractivity contribution in [2.45, 2.75) is 0 Å². The first-order valence-corrected chi connectivity index (χ1v) is 5.80. The molecule has 0 bridgehead atoms. The van der Waals surface area contributed by atoms with Crippen LogP contribution in [0.25, 0.3) is 17.0 Å². The summed E-state index contributed by atoms with van der Waals surface area (Å²) in [6.45, 7) is 0. The molecule has 0 spiro atoms. The second kappa shape index (κ2) is 3.99. The Bertz CT molecular complexity index is 696. The van der Waals surface area contributed by atoms with E-state index in [0.29, 0.717) is 20.9 Å². The molecule has 0 aromatic carbocycles. The smallest absolute Gasteiger partial charge is 0.196 e. The summed E-state index contributed by atoms with van der Waals surface area (Å²) in [6.07, 6.45) is 4.31. The third kappa shape index (κ3) is 1.86. The molecule has 84 valence electrons. The van der Waals surface area contributed by atoms with Gasteiger partial charge in [-0.3, -0.25) is 4.98 Å². The Morgan fingerprint density at radius 1 is 1.24 bits per heavy atom. The third-order valence-corrected chi connectivity index (χ3v) is 2.88. The fraction of sp³-hybridized carbons (Fsp3) is 0. The van der Waals surface area contributed by atoms with Crippen LogP contribution in [0.15, 0.2) is 30.7 Å². The first-order valence-electron chi connectivity index (χ1n) is 4.72. The van der Waals surface area contributed by atoms with Gasteiger partial charge in [-0.05, 0) is 6.07 Å². The zero-order chi connectivity index (χ0) is 11.8. The van der Waals surface area contributed by atoms with Crippen molar-refractivity contribution in [1.29, 1.82) is 0 Å². The number of rotatable bonds is 1. The minimum Gasteiger partial charge on any atom is -0.261 e. The molecule has 7 heteroatoms. The molecule has 3 heterocycles. The van der Waals surface area contributed by atoms with Gasteiger partial charge in [0, 0.05) is 40.4 Å². The van der Waals surface area contributed by atoms with Crippen LogP contribution in [-0.4, -0.2) is 24.6 Å². The second-order valence-corrected chi connectivity index (χ2v) is 4.27. The molecule has 5 nitrogen and oxygen atoms in total. The van der Waals surface area contributed by atoms with Crippen molar-refractivity contribution in [3.63, 3.8) is 0 Å². The molecule has 0 saturated carbocycles. The lowest BCUT2D eigenvalue weighted by Crippen LogP contribution is -2.02. The highest BCUT2D eigenvalue weighted by Gasteiger charge is 2.08. The average Bonchev–Trinajstić information content (AvgIpc) is 2.77. The fourth-order valence-electron chi connectivity index (χ4n) is 1.45. The summed E-state index contributed by atoms with van der Waals surface area (Å²) in [6, 6.07) is 3.12. The van der Waals surface area contributed by atoms with Gasteiger partial charge in [0.25, 0.3) is 0 Å². The first-order chi connectivity index (χ1) is 8.24. The molecule has 0 aliphatic rings. The zero-order valence-corrected chi connectivity index (χ0v) is 10.5. The lowest BCUT2D eigenvalue weighted by Gasteiger charge is -2.02. The summed E-state index contributed by atoms with van der Waals surface area (Å²) < 4.78 is 15.3. The Kier molecular flexibility index (Phi) is 2.46. The van der Waals surface area contributed by atoms with Crippen molar-refractivity contribution in [1.82, 2.24) is 24.6 Å². The number of fused-ring (bicyclic) bond motifs is 1. The molecule has 0 unspecified atom stereocenters. The van der Waals surface area contributed by atoms with Crippen LogP contribution in [0, 0.1) is 9.65 Å². The Labute approximate surface area is 109 Å². The Balaban J connectivity index is 2.23. The molecular formula is C10H5FIN5. The largest absolute Gasteiger partial charge is 0.261 e. The normalized spacial score (nSPS) is 10.9. The zero-order valence-electron chi connectivity index (χ0n) is 8.38. The quantitative estimate of drug-likeness (QED) is 0.635. The summed E-state index contributed by atoms with van der Waals surface area (Å²) in [5.74, 6) is 0.0314. The summed E-state index contributed by atoms with van der Waals surface area (Å²) in [4.78, 5) is 12.3. The van der Waals surface area contributed by atoms with Gasteiger partial charge in [0.1, 0.15) is 5.82 Å². The van der Waals surface area contributed by atoms with Crippen LogP contribution in [0.1, 0.15) is 0 Å². The van der Waals surface area contributed by atoms with Crippen molar-refractivity contribution in [3.05, 3.63) is 40.4 Å². The summed E-state index contributed by atoms with van der Waals surface area (Å²) in [5.41, 5.74) is 1.22. The van der Waals surface area contributed by atoms with E-state index in [1.165, 1.54) is 12.3 Å². The molecule has 3 rings (SSSR count). The molecular weight excluding hydrogens is 336 g/mol. The monoisotopic (exact) mass is 341 g/mol. The summed E-state index contributed by atoms with van der Waals surface area (Å²) in [7, 11) is 0. The van der Waals surface area contributed by atoms with E-state index in [9.17, 15) is 4.39 Å². The molecule has 0 aliphatic heterocycles. The van der Waals surface area contributed by atoms with Crippen LogP contribution in [0.2, 0.25) is 0 Å². The van der Waals surface area contributed by atoms with Gasteiger partial charge in [-0.25, -0.2) is 14.4 Å². The van der Waals surface area contributed by atoms with Crippen molar-refractivity contribution >= 4 is 28.2 Å². The highest BCUT2D eigenvalue weighted by atomic mass is 127. The lowest BCUT2D eigenvalue weighted by atomic mass is 10.2. The molecule has 0 amide bonds. The van der Waals surface area contributed by atoms with E-state index in [4.69, 9.17) is 0 Å². The van der Waals surface area contributed by atoms with Gasteiger partial charge in [-0.2, -0.15) is 9.61 Å². The molecule has 0 N–H and O–H groups in total. The standard InChI is InChI=1S/C10H5FIN5/c11-7-3-6(4-13-5-7)9-15-8-1-2-14-17(8)10(12)16-9/h1-5H. The van der Waals surface area contributed by atoms with Crippen LogP contribution in [-0.2, 0) is 0 Å². The van der Waals surface area contributed by atoms with Crippen molar-refractivity contribution in [2.75, 3.05) is 0 Å². The predicted molar refractivity (Wildman–Crippen MR) is 66.7 cm³/mol. The maximum absolute atomic E-state index is 13.1. The van der Waals surface area contributed by atoms with Gasteiger partial charge in [0.05, 0.1) is 12.4 Å². The second-order valence-electron chi connectivity index (χ2n) is 3.31. The van der Waals surface area contributed by atoms with Crippen LogP contribution >= 0.6 is 22.6 Å². The highest BCUT2D eigenvalue weighted by molar-refractivity contribution is 14.1. The van der Waals surface area contributed by atoms with E-state index < -0.39 is 5.82 Å². The van der Waals surface area contributed by atoms with Crippen LogP contribution in [0.4, 0.5) is 4.39 Å².